The highest BCUT2D eigenvalue weighted by Crippen LogP contribution is 2.22. The molecule has 2 rings (SSSR count). The van der Waals surface area contributed by atoms with Crippen LogP contribution >= 0.6 is 0 Å². The van der Waals surface area contributed by atoms with Crippen molar-refractivity contribution in [1.29, 1.82) is 0 Å². The fourth-order valence-electron chi connectivity index (χ4n) is 2.04. The second-order valence-electron chi connectivity index (χ2n) is 4.84. The van der Waals surface area contributed by atoms with Crippen molar-refractivity contribution < 1.29 is 18.4 Å². The first kappa shape index (κ1) is 13.5. The molecule has 1 atom stereocenters. The van der Waals surface area contributed by atoms with Crippen LogP contribution in [0, 0.1) is 17.6 Å². The Hall–Kier alpha value is -1.98. The van der Waals surface area contributed by atoms with E-state index in [1.165, 1.54) is 0 Å². The topological polar surface area (TPSA) is 49.4 Å². The van der Waals surface area contributed by atoms with Crippen molar-refractivity contribution in [3.8, 4) is 0 Å². The minimum Gasteiger partial charge on any atom is -0.342 e. The van der Waals surface area contributed by atoms with Crippen LogP contribution in [0.25, 0.3) is 0 Å². The fourth-order valence-corrected chi connectivity index (χ4v) is 2.04. The van der Waals surface area contributed by atoms with Gasteiger partial charge in [-0.3, -0.25) is 9.59 Å². The maximum atomic E-state index is 13.2. The predicted octanol–water partition coefficient (Wildman–Crippen LogP) is 1.45. The second kappa shape index (κ2) is 4.95. The van der Waals surface area contributed by atoms with Crippen LogP contribution in [0.15, 0.2) is 18.2 Å². The molecule has 102 valence electrons. The molecule has 6 heteroatoms. The molecule has 0 radical (unpaired) electrons. The summed E-state index contributed by atoms with van der Waals surface area (Å²) < 4.78 is 26.4. The second-order valence-corrected chi connectivity index (χ2v) is 4.84. The van der Waals surface area contributed by atoms with E-state index in [-0.39, 0.29) is 30.0 Å². The van der Waals surface area contributed by atoms with Gasteiger partial charge in [-0.1, -0.05) is 13.8 Å². The van der Waals surface area contributed by atoms with E-state index in [1.54, 1.807) is 13.8 Å². The maximum absolute atomic E-state index is 13.2. The molecule has 1 aromatic rings. The summed E-state index contributed by atoms with van der Waals surface area (Å²) in [6.07, 6.45) is 0. The molecule has 0 aromatic heterocycles. The summed E-state index contributed by atoms with van der Waals surface area (Å²) in [5.41, 5.74) is 0.0583. The SMILES string of the molecule is CC(C)C1NC(=O)CN(c2cc(F)cc(F)c2)C1=O. The number of amides is 2. The molecule has 0 spiro atoms. The van der Waals surface area contributed by atoms with Crippen molar-refractivity contribution in [2.75, 3.05) is 11.4 Å². The number of benzene rings is 1. The van der Waals surface area contributed by atoms with Gasteiger partial charge in [-0.25, -0.2) is 8.78 Å². The van der Waals surface area contributed by atoms with Gasteiger partial charge in [0, 0.05) is 6.07 Å². The normalized spacial score (nSPS) is 19.8. The van der Waals surface area contributed by atoms with Crippen molar-refractivity contribution in [2.24, 2.45) is 5.92 Å². The average Bonchev–Trinajstić information content (AvgIpc) is 2.30. The van der Waals surface area contributed by atoms with Gasteiger partial charge in [0.05, 0.1) is 5.69 Å². The highest BCUT2D eigenvalue weighted by molar-refractivity contribution is 6.06. The lowest BCUT2D eigenvalue weighted by molar-refractivity contribution is -0.132. The number of piperazine rings is 1. The molecule has 1 fully saturated rings. The van der Waals surface area contributed by atoms with E-state index in [1.807, 2.05) is 0 Å². The van der Waals surface area contributed by atoms with E-state index < -0.39 is 17.7 Å². The van der Waals surface area contributed by atoms with Gasteiger partial charge in [0.25, 0.3) is 0 Å². The summed E-state index contributed by atoms with van der Waals surface area (Å²) >= 11 is 0. The van der Waals surface area contributed by atoms with E-state index in [4.69, 9.17) is 0 Å². The monoisotopic (exact) mass is 268 g/mol. The Morgan fingerprint density at radius 2 is 1.79 bits per heavy atom. The summed E-state index contributed by atoms with van der Waals surface area (Å²) in [6, 6.07) is 2.12. The smallest absolute Gasteiger partial charge is 0.250 e. The van der Waals surface area contributed by atoms with Gasteiger partial charge in [-0.05, 0) is 18.1 Å². The molecule has 1 aliphatic rings. The van der Waals surface area contributed by atoms with Gasteiger partial charge in [0.2, 0.25) is 11.8 Å². The Labute approximate surface area is 109 Å². The molecule has 1 saturated heterocycles. The molecule has 0 bridgehead atoms. The van der Waals surface area contributed by atoms with Crippen molar-refractivity contribution in [2.45, 2.75) is 19.9 Å². The lowest BCUT2D eigenvalue weighted by Gasteiger charge is -2.34. The lowest BCUT2D eigenvalue weighted by atomic mass is 10.0. The molecule has 19 heavy (non-hydrogen) atoms. The van der Waals surface area contributed by atoms with Gasteiger partial charge < -0.3 is 10.2 Å². The van der Waals surface area contributed by atoms with Crippen LogP contribution in [0.3, 0.4) is 0 Å². The minimum absolute atomic E-state index is 0.0583. The number of carbonyl (C=O) groups excluding carboxylic acids is 2. The number of carbonyl (C=O) groups is 2. The summed E-state index contributed by atoms with van der Waals surface area (Å²) in [5, 5.41) is 2.58. The number of nitrogens with one attached hydrogen (secondary N) is 1. The van der Waals surface area contributed by atoms with Crippen LogP contribution < -0.4 is 10.2 Å². The molecule has 1 aliphatic heterocycles. The number of hydrogen-bond donors (Lipinski definition) is 1. The van der Waals surface area contributed by atoms with Crippen LogP contribution in [0.4, 0.5) is 14.5 Å². The molecular weight excluding hydrogens is 254 g/mol. The largest absolute Gasteiger partial charge is 0.342 e. The Balaban J connectivity index is 2.37. The van der Waals surface area contributed by atoms with Crippen LogP contribution in [-0.4, -0.2) is 24.4 Å². The Morgan fingerprint density at radius 3 is 2.32 bits per heavy atom. The molecule has 1 unspecified atom stereocenters. The van der Waals surface area contributed by atoms with E-state index in [0.717, 1.165) is 23.1 Å². The van der Waals surface area contributed by atoms with Crippen molar-refractivity contribution in [1.82, 2.24) is 5.32 Å². The number of nitrogens with zero attached hydrogens (tertiary/aromatic N) is 1. The van der Waals surface area contributed by atoms with Crippen LogP contribution in [0.2, 0.25) is 0 Å². The molecule has 2 amide bonds. The Kier molecular flexibility index (Phi) is 3.50. The standard InChI is InChI=1S/C13H14F2N2O2/c1-7(2)12-13(19)17(6-11(18)16-12)10-4-8(14)3-9(15)5-10/h3-5,7,12H,6H2,1-2H3,(H,16,18). The first-order valence-corrected chi connectivity index (χ1v) is 5.95. The average molecular weight is 268 g/mol. The molecule has 0 saturated carbocycles. The molecule has 1 heterocycles. The molecule has 4 nitrogen and oxygen atoms in total. The summed E-state index contributed by atoms with van der Waals surface area (Å²) in [6.45, 7) is 3.35. The van der Waals surface area contributed by atoms with E-state index in [2.05, 4.69) is 5.32 Å². The van der Waals surface area contributed by atoms with Crippen LogP contribution in [0.5, 0.6) is 0 Å². The summed E-state index contributed by atoms with van der Waals surface area (Å²) in [4.78, 5) is 24.9. The van der Waals surface area contributed by atoms with Gasteiger partial charge in [0.1, 0.15) is 24.2 Å². The van der Waals surface area contributed by atoms with Crippen molar-refractivity contribution in [3.63, 3.8) is 0 Å². The van der Waals surface area contributed by atoms with Gasteiger partial charge in [-0.15, -0.1) is 0 Å². The molecule has 1 N–H and O–H groups in total. The third-order valence-electron chi connectivity index (χ3n) is 2.98. The number of halogens is 2. The zero-order valence-electron chi connectivity index (χ0n) is 10.6. The predicted molar refractivity (Wildman–Crippen MR) is 65.5 cm³/mol. The number of rotatable bonds is 2. The first-order chi connectivity index (χ1) is 8.88. The maximum Gasteiger partial charge on any atom is 0.250 e. The lowest BCUT2D eigenvalue weighted by Crippen LogP contribution is -2.60. The van der Waals surface area contributed by atoms with Gasteiger partial charge in [0.15, 0.2) is 0 Å². The Morgan fingerprint density at radius 1 is 1.21 bits per heavy atom. The summed E-state index contributed by atoms with van der Waals surface area (Å²) in [5.74, 6) is -2.37. The van der Waals surface area contributed by atoms with Gasteiger partial charge in [-0.2, -0.15) is 0 Å². The fraction of sp³-hybridized carbons (Fsp3) is 0.385. The number of anilines is 1. The first-order valence-electron chi connectivity index (χ1n) is 5.95. The third kappa shape index (κ3) is 2.72. The van der Waals surface area contributed by atoms with Crippen molar-refractivity contribution in [3.05, 3.63) is 29.8 Å². The van der Waals surface area contributed by atoms with Gasteiger partial charge >= 0.3 is 0 Å². The zero-order valence-corrected chi connectivity index (χ0v) is 10.6. The van der Waals surface area contributed by atoms with Crippen LogP contribution in [0.1, 0.15) is 13.8 Å². The molecule has 0 aliphatic carbocycles. The molecule has 1 aromatic carbocycles. The van der Waals surface area contributed by atoms with E-state index in [0.29, 0.717) is 0 Å². The highest BCUT2D eigenvalue weighted by Gasteiger charge is 2.35. The molecular formula is C13H14F2N2O2. The quantitative estimate of drug-likeness (QED) is 0.882. The van der Waals surface area contributed by atoms with Crippen molar-refractivity contribution >= 4 is 17.5 Å². The Bertz CT molecular complexity index is 511. The van der Waals surface area contributed by atoms with E-state index >= 15 is 0 Å². The third-order valence-corrected chi connectivity index (χ3v) is 2.98. The van der Waals surface area contributed by atoms with E-state index in [9.17, 15) is 18.4 Å². The minimum atomic E-state index is -0.783. The van der Waals surface area contributed by atoms with Crippen LogP contribution in [-0.2, 0) is 9.59 Å². The number of hydrogen-bond acceptors (Lipinski definition) is 2. The summed E-state index contributed by atoms with van der Waals surface area (Å²) in [7, 11) is 0. The zero-order chi connectivity index (χ0) is 14.2. The highest BCUT2D eigenvalue weighted by atomic mass is 19.1.